The molecule has 1 unspecified atom stereocenters. The number of benzene rings is 1. The Morgan fingerprint density at radius 3 is 2.90 bits per heavy atom. The third kappa shape index (κ3) is 5.21. The van der Waals surface area contributed by atoms with Crippen LogP contribution >= 0.6 is 12.4 Å². The van der Waals surface area contributed by atoms with Gasteiger partial charge in [-0.3, -0.25) is 4.79 Å². The molecule has 2 rings (SSSR count). The topological polar surface area (TPSA) is 41.6 Å². The second-order valence-electron chi connectivity index (χ2n) is 5.34. The number of nitrogens with one attached hydrogen (secondary N) is 1. The summed E-state index contributed by atoms with van der Waals surface area (Å²) in [6.45, 7) is 6.95. The molecule has 1 aliphatic heterocycles. The number of carbonyl (C=O) groups excluding carboxylic acids is 1. The van der Waals surface area contributed by atoms with Crippen molar-refractivity contribution in [2.24, 2.45) is 0 Å². The maximum atomic E-state index is 12.4. The van der Waals surface area contributed by atoms with Crippen molar-refractivity contribution in [3.8, 4) is 5.75 Å². The van der Waals surface area contributed by atoms with Crippen LogP contribution in [0, 0.1) is 6.92 Å². The molecular weight excluding hydrogens is 288 g/mol. The average molecular weight is 313 g/mol. The lowest BCUT2D eigenvalue weighted by Crippen LogP contribution is -2.44. The molecule has 21 heavy (non-hydrogen) atoms. The molecule has 0 radical (unpaired) electrons. The van der Waals surface area contributed by atoms with E-state index in [0.29, 0.717) is 6.04 Å². The average Bonchev–Trinajstić information content (AvgIpc) is 2.96. The predicted octanol–water partition coefficient (Wildman–Crippen LogP) is 2.40. The lowest BCUT2D eigenvalue weighted by Gasteiger charge is -2.28. The highest BCUT2D eigenvalue weighted by molar-refractivity contribution is 5.85. The molecule has 0 aromatic heterocycles. The van der Waals surface area contributed by atoms with Gasteiger partial charge in [0.15, 0.2) is 6.61 Å². The molecule has 1 N–H and O–H groups in total. The van der Waals surface area contributed by atoms with Gasteiger partial charge in [0, 0.05) is 19.1 Å². The van der Waals surface area contributed by atoms with Crippen molar-refractivity contribution in [1.29, 1.82) is 0 Å². The number of nitrogens with zero attached hydrogens (tertiary/aromatic N) is 1. The molecular formula is C16H25ClN2O2. The van der Waals surface area contributed by atoms with E-state index in [2.05, 4.69) is 12.2 Å². The minimum absolute atomic E-state index is 0. The normalized spacial score (nSPS) is 17.1. The van der Waals surface area contributed by atoms with E-state index >= 15 is 0 Å². The van der Waals surface area contributed by atoms with Crippen molar-refractivity contribution < 1.29 is 9.53 Å². The van der Waals surface area contributed by atoms with Crippen molar-refractivity contribution in [2.45, 2.75) is 32.7 Å². The Morgan fingerprint density at radius 2 is 2.29 bits per heavy atom. The van der Waals surface area contributed by atoms with Gasteiger partial charge >= 0.3 is 0 Å². The molecule has 1 atom stereocenters. The smallest absolute Gasteiger partial charge is 0.260 e. The third-order valence-corrected chi connectivity index (χ3v) is 3.61. The number of halogens is 1. The van der Waals surface area contributed by atoms with E-state index < -0.39 is 0 Å². The van der Waals surface area contributed by atoms with Gasteiger partial charge in [-0.1, -0.05) is 19.1 Å². The molecule has 0 bridgehead atoms. The monoisotopic (exact) mass is 312 g/mol. The van der Waals surface area contributed by atoms with Crippen LogP contribution in [0.4, 0.5) is 0 Å². The fourth-order valence-corrected chi connectivity index (χ4v) is 2.59. The summed E-state index contributed by atoms with van der Waals surface area (Å²) in [4.78, 5) is 14.3. The highest BCUT2D eigenvalue weighted by Gasteiger charge is 2.25. The van der Waals surface area contributed by atoms with Crippen LogP contribution in [0.3, 0.4) is 0 Å². The molecule has 1 aromatic carbocycles. The zero-order chi connectivity index (χ0) is 14.4. The second kappa shape index (κ2) is 8.90. The first kappa shape index (κ1) is 17.8. The number of hydrogen-bond donors (Lipinski definition) is 1. The van der Waals surface area contributed by atoms with Gasteiger partial charge in [-0.15, -0.1) is 12.4 Å². The molecule has 1 amide bonds. The van der Waals surface area contributed by atoms with Gasteiger partial charge in [-0.25, -0.2) is 0 Å². The number of rotatable bonds is 6. The van der Waals surface area contributed by atoms with E-state index in [1.807, 2.05) is 36.1 Å². The van der Waals surface area contributed by atoms with Gasteiger partial charge in [0.05, 0.1) is 0 Å². The molecule has 1 aromatic rings. The van der Waals surface area contributed by atoms with Crippen LogP contribution in [0.5, 0.6) is 5.75 Å². The van der Waals surface area contributed by atoms with E-state index in [4.69, 9.17) is 4.74 Å². The minimum Gasteiger partial charge on any atom is -0.484 e. The molecule has 1 fully saturated rings. The molecule has 118 valence electrons. The lowest BCUT2D eigenvalue weighted by molar-refractivity contribution is -0.135. The van der Waals surface area contributed by atoms with Gasteiger partial charge in [-0.05, 0) is 44.0 Å². The standard InChI is InChI=1S/C16H24N2O2.ClH/c1-3-9-18(14-7-8-17-11-14)16(19)12-20-15-6-4-5-13(2)10-15;/h4-6,10,14,17H,3,7-9,11-12H2,1-2H3;1H. The molecule has 1 saturated heterocycles. The van der Waals surface area contributed by atoms with Crippen LogP contribution in [-0.2, 0) is 4.79 Å². The van der Waals surface area contributed by atoms with Gasteiger partial charge in [-0.2, -0.15) is 0 Å². The fraction of sp³-hybridized carbons (Fsp3) is 0.562. The van der Waals surface area contributed by atoms with Crippen LogP contribution in [0.25, 0.3) is 0 Å². The van der Waals surface area contributed by atoms with Crippen LogP contribution in [-0.4, -0.2) is 43.1 Å². The maximum absolute atomic E-state index is 12.4. The number of aryl methyl sites for hydroxylation is 1. The van der Waals surface area contributed by atoms with Crippen LogP contribution in [0.2, 0.25) is 0 Å². The quantitative estimate of drug-likeness (QED) is 0.877. The Hall–Kier alpha value is -1.26. The molecule has 5 heteroatoms. The summed E-state index contributed by atoms with van der Waals surface area (Å²) in [7, 11) is 0. The highest BCUT2D eigenvalue weighted by atomic mass is 35.5. The van der Waals surface area contributed by atoms with Crippen LogP contribution in [0.1, 0.15) is 25.3 Å². The van der Waals surface area contributed by atoms with E-state index in [0.717, 1.165) is 43.8 Å². The van der Waals surface area contributed by atoms with E-state index in [-0.39, 0.29) is 24.9 Å². The first-order chi connectivity index (χ1) is 9.70. The summed E-state index contributed by atoms with van der Waals surface area (Å²) in [6.07, 6.45) is 2.02. The SMILES string of the molecule is CCCN(C(=O)COc1cccc(C)c1)C1CCNC1.Cl. The number of amides is 1. The molecule has 1 heterocycles. The first-order valence-electron chi connectivity index (χ1n) is 7.40. The summed E-state index contributed by atoms with van der Waals surface area (Å²) in [5.74, 6) is 0.849. The van der Waals surface area contributed by atoms with Crippen molar-refractivity contribution in [2.75, 3.05) is 26.2 Å². The summed E-state index contributed by atoms with van der Waals surface area (Å²) >= 11 is 0. The van der Waals surface area contributed by atoms with Gasteiger partial charge in [0.25, 0.3) is 5.91 Å². The summed E-state index contributed by atoms with van der Waals surface area (Å²) in [5, 5.41) is 3.31. The van der Waals surface area contributed by atoms with Crippen LogP contribution in [0.15, 0.2) is 24.3 Å². The molecule has 0 spiro atoms. The van der Waals surface area contributed by atoms with Crippen molar-refractivity contribution in [3.63, 3.8) is 0 Å². The Kier molecular flexibility index (Phi) is 7.54. The van der Waals surface area contributed by atoms with E-state index in [9.17, 15) is 4.79 Å². The number of ether oxygens (including phenoxy) is 1. The second-order valence-corrected chi connectivity index (χ2v) is 5.34. The lowest BCUT2D eigenvalue weighted by atomic mass is 10.2. The largest absolute Gasteiger partial charge is 0.484 e. The first-order valence-corrected chi connectivity index (χ1v) is 7.40. The Labute approximate surface area is 133 Å². The summed E-state index contributed by atoms with van der Waals surface area (Å²) in [5.41, 5.74) is 1.14. The predicted molar refractivity (Wildman–Crippen MR) is 87.2 cm³/mol. The maximum Gasteiger partial charge on any atom is 0.260 e. The van der Waals surface area contributed by atoms with Gasteiger partial charge < -0.3 is 15.0 Å². The van der Waals surface area contributed by atoms with Crippen LogP contribution < -0.4 is 10.1 Å². The zero-order valence-electron chi connectivity index (χ0n) is 12.8. The Balaban J connectivity index is 0.00000220. The number of carbonyl (C=O) groups is 1. The third-order valence-electron chi connectivity index (χ3n) is 3.61. The van der Waals surface area contributed by atoms with Gasteiger partial charge in [0.1, 0.15) is 5.75 Å². The number of hydrogen-bond acceptors (Lipinski definition) is 3. The Morgan fingerprint density at radius 1 is 1.48 bits per heavy atom. The summed E-state index contributed by atoms with van der Waals surface area (Å²) < 4.78 is 5.62. The van der Waals surface area contributed by atoms with E-state index in [1.165, 1.54) is 0 Å². The molecule has 4 nitrogen and oxygen atoms in total. The highest BCUT2D eigenvalue weighted by Crippen LogP contribution is 2.14. The van der Waals surface area contributed by atoms with Crippen molar-refractivity contribution >= 4 is 18.3 Å². The zero-order valence-corrected chi connectivity index (χ0v) is 13.6. The van der Waals surface area contributed by atoms with Crippen molar-refractivity contribution in [1.82, 2.24) is 10.2 Å². The molecule has 1 aliphatic rings. The molecule has 0 aliphatic carbocycles. The minimum atomic E-state index is 0. The Bertz CT molecular complexity index is 448. The molecule has 0 saturated carbocycles. The summed E-state index contributed by atoms with van der Waals surface area (Å²) in [6, 6.07) is 8.13. The fourth-order valence-electron chi connectivity index (χ4n) is 2.59. The van der Waals surface area contributed by atoms with Gasteiger partial charge in [0.2, 0.25) is 0 Å². The van der Waals surface area contributed by atoms with Crippen molar-refractivity contribution in [3.05, 3.63) is 29.8 Å². The van der Waals surface area contributed by atoms with E-state index in [1.54, 1.807) is 0 Å².